The molecule has 2 unspecified atom stereocenters. The number of aliphatic hydroxyl groups excluding tert-OH is 2. The summed E-state index contributed by atoms with van der Waals surface area (Å²) in [4.78, 5) is 0. The largest absolute Gasteiger partial charge is 0.487 e. The van der Waals surface area contributed by atoms with Gasteiger partial charge in [0.25, 0.3) is 0 Å². The van der Waals surface area contributed by atoms with Gasteiger partial charge in [-0.1, -0.05) is 0 Å². The van der Waals surface area contributed by atoms with E-state index in [1.54, 1.807) is 13.8 Å². The molecule has 1 radical (unpaired) electrons. The first kappa shape index (κ1) is 12.9. The zero-order valence-electron chi connectivity index (χ0n) is 8.27. The van der Waals surface area contributed by atoms with Gasteiger partial charge in [-0.2, -0.15) is 0 Å². The van der Waals surface area contributed by atoms with Crippen LogP contribution in [-0.4, -0.2) is 43.3 Å². The normalized spacial score (nSPS) is 15.4. The van der Waals surface area contributed by atoms with E-state index in [1.165, 1.54) is 7.69 Å². The van der Waals surface area contributed by atoms with Gasteiger partial charge < -0.3 is 19.5 Å². The number of hydrogen-bond acceptors (Lipinski definition) is 4. The predicted molar refractivity (Wildman–Crippen MR) is 50.3 cm³/mol. The van der Waals surface area contributed by atoms with Crippen molar-refractivity contribution in [2.75, 3.05) is 13.2 Å². The molecule has 0 aliphatic heterocycles. The van der Waals surface area contributed by atoms with Crippen LogP contribution in [0.25, 0.3) is 0 Å². The molecule has 0 bridgehead atoms. The summed E-state index contributed by atoms with van der Waals surface area (Å²) >= 11 is 0. The Morgan fingerprint density at radius 3 is 1.69 bits per heavy atom. The SMILES string of the molecule is CC(O)CCO[B]OCCC(C)O. The Balaban J connectivity index is 2.92. The number of rotatable bonds is 8. The van der Waals surface area contributed by atoms with Crippen molar-refractivity contribution in [2.45, 2.75) is 38.9 Å². The summed E-state index contributed by atoms with van der Waals surface area (Å²) in [6, 6.07) is 0. The van der Waals surface area contributed by atoms with Crippen molar-refractivity contribution in [2.24, 2.45) is 0 Å². The van der Waals surface area contributed by atoms with Gasteiger partial charge in [0.2, 0.25) is 0 Å². The highest BCUT2D eigenvalue weighted by molar-refractivity contribution is 6.17. The fourth-order valence-corrected chi connectivity index (χ4v) is 0.622. The van der Waals surface area contributed by atoms with E-state index in [2.05, 4.69) is 0 Å². The van der Waals surface area contributed by atoms with E-state index in [0.717, 1.165) is 0 Å². The molecule has 2 atom stereocenters. The van der Waals surface area contributed by atoms with Crippen molar-refractivity contribution in [1.29, 1.82) is 0 Å². The summed E-state index contributed by atoms with van der Waals surface area (Å²) in [6.07, 6.45) is 0.503. The summed E-state index contributed by atoms with van der Waals surface area (Å²) in [5, 5.41) is 17.7. The predicted octanol–water partition coefficient (Wildman–Crippen LogP) is 0.0956. The molecule has 13 heavy (non-hydrogen) atoms. The van der Waals surface area contributed by atoms with Gasteiger partial charge in [0.15, 0.2) is 0 Å². The van der Waals surface area contributed by atoms with Crippen LogP contribution >= 0.6 is 0 Å². The molecule has 0 amide bonds. The average Bonchev–Trinajstić information content (AvgIpc) is 2.01. The monoisotopic (exact) mass is 189 g/mol. The quantitative estimate of drug-likeness (QED) is 0.419. The number of hydrogen-bond donors (Lipinski definition) is 2. The van der Waals surface area contributed by atoms with E-state index in [0.29, 0.717) is 26.1 Å². The second kappa shape index (κ2) is 8.50. The number of aliphatic hydroxyl groups is 2. The summed E-state index contributed by atoms with van der Waals surface area (Å²) < 4.78 is 9.87. The van der Waals surface area contributed by atoms with Crippen molar-refractivity contribution in [1.82, 2.24) is 0 Å². The summed E-state index contributed by atoms with van der Waals surface area (Å²) in [7, 11) is 1.25. The highest BCUT2D eigenvalue weighted by Gasteiger charge is 1.99. The molecule has 0 aromatic heterocycles. The maximum Gasteiger partial charge on any atom is 0.487 e. The van der Waals surface area contributed by atoms with E-state index < -0.39 is 0 Å². The van der Waals surface area contributed by atoms with Gasteiger partial charge in [-0.15, -0.1) is 0 Å². The second-order valence-electron chi connectivity index (χ2n) is 3.11. The molecule has 0 saturated carbocycles. The van der Waals surface area contributed by atoms with Gasteiger partial charge in [-0.25, -0.2) is 0 Å². The van der Waals surface area contributed by atoms with Crippen LogP contribution in [0.5, 0.6) is 0 Å². The van der Waals surface area contributed by atoms with Crippen LogP contribution < -0.4 is 0 Å². The Hall–Kier alpha value is -0.0951. The Morgan fingerprint density at radius 2 is 1.38 bits per heavy atom. The fourth-order valence-electron chi connectivity index (χ4n) is 0.622. The molecule has 0 saturated heterocycles. The first-order valence-electron chi connectivity index (χ1n) is 4.54. The van der Waals surface area contributed by atoms with Crippen molar-refractivity contribution in [3.05, 3.63) is 0 Å². The van der Waals surface area contributed by atoms with Gasteiger partial charge in [-0.05, 0) is 26.7 Å². The lowest BCUT2D eigenvalue weighted by molar-refractivity contribution is 0.129. The topological polar surface area (TPSA) is 58.9 Å². The third kappa shape index (κ3) is 11.9. The lowest BCUT2D eigenvalue weighted by Gasteiger charge is -2.06. The molecule has 2 N–H and O–H groups in total. The van der Waals surface area contributed by atoms with Gasteiger partial charge in [-0.3, -0.25) is 0 Å². The molecule has 0 aromatic carbocycles. The van der Waals surface area contributed by atoms with Gasteiger partial charge >= 0.3 is 7.69 Å². The molecule has 0 aliphatic rings. The molecule has 0 aliphatic carbocycles. The molecule has 0 spiro atoms. The van der Waals surface area contributed by atoms with E-state index in [4.69, 9.17) is 19.5 Å². The molecule has 0 aromatic rings. The molecule has 0 rings (SSSR count). The maximum absolute atomic E-state index is 8.86. The Morgan fingerprint density at radius 1 is 1.00 bits per heavy atom. The summed E-state index contributed by atoms with van der Waals surface area (Å²) in [5.74, 6) is 0. The third-order valence-corrected chi connectivity index (χ3v) is 1.44. The smallest absolute Gasteiger partial charge is 0.413 e. The molecular weight excluding hydrogens is 171 g/mol. The Kier molecular flexibility index (Phi) is 8.44. The standard InChI is InChI=1S/C8H18BO4/c1-7(10)3-5-12-9-13-6-4-8(2)11/h7-8,10-11H,3-6H2,1-2H3. The third-order valence-electron chi connectivity index (χ3n) is 1.44. The first-order chi connectivity index (χ1) is 6.13. The minimum atomic E-state index is -0.342. The van der Waals surface area contributed by atoms with Crippen LogP contribution in [0, 0.1) is 0 Å². The van der Waals surface area contributed by atoms with Crippen molar-refractivity contribution >= 4 is 7.69 Å². The van der Waals surface area contributed by atoms with Crippen molar-refractivity contribution in [3.8, 4) is 0 Å². The highest BCUT2D eigenvalue weighted by Crippen LogP contribution is 1.91. The van der Waals surface area contributed by atoms with Crippen LogP contribution in [0.2, 0.25) is 0 Å². The lowest BCUT2D eigenvalue weighted by atomic mass is 10.3. The first-order valence-corrected chi connectivity index (χ1v) is 4.54. The zero-order valence-corrected chi connectivity index (χ0v) is 8.27. The lowest BCUT2D eigenvalue weighted by Crippen LogP contribution is -2.13. The van der Waals surface area contributed by atoms with E-state index in [9.17, 15) is 0 Å². The van der Waals surface area contributed by atoms with E-state index in [-0.39, 0.29) is 12.2 Å². The van der Waals surface area contributed by atoms with Crippen LogP contribution in [0.15, 0.2) is 0 Å². The molecule has 77 valence electrons. The zero-order chi connectivity index (χ0) is 10.1. The summed E-state index contributed by atoms with van der Waals surface area (Å²) in [5.41, 5.74) is 0. The molecule has 4 nitrogen and oxygen atoms in total. The van der Waals surface area contributed by atoms with Gasteiger partial charge in [0, 0.05) is 13.2 Å². The van der Waals surface area contributed by atoms with Gasteiger partial charge in [0.1, 0.15) is 0 Å². The Bertz CT molecular complexity index is 96.3. The Labute approximate surface area is 80.2 Å². The molecule has 0 heterocycles. The maximum atomic E-state index is 8.86. The van der Waals surface area contributed by atoms with Crippen LogP contribution in [0.4, 0.5) is 0 Å². The fraction of sp³-hybridized carbons (Fsp3) is 1.00. The second-order valence-corrected chi connectivity index (χ2v) is 3.11. The van der Waals surface area contributed by atoms with Crippen LogP contribution in [-0.2, 0) is 9.31 Å². The average molecular weight is 189 g/mol. The van der Waals surface area contributed by atoms with Crippen molar-refractivity contribution < 1.29 is 19.5 Å². The molecular formula is C8H18BO4. The van der Waals surface area contributed by atoms with E-state index >= 15 is 0 Å². The van der Waals surface area contributed by atoms with Crippen LogP contribution in [0.1, 0.15) is 26.7 Å². The molecule has 0 fully saturated rings. The minimum Gasteiger partial charge on any atom is -0.413 e. The van der Waals surface area contributed by atoms with E-state index in [1.807, 2.05) is 0 Å². The minimum absolute atomic E-state index is 0.342. The summed E-state index contributed by atoms with van der Waals surface area (Å²) in [6.45, 7) is 4.31. The van der Waals surface area contributed by atoms with Crippen molar-refractivity contribution in [3.63, 3.8) is 0 Å². The molecule has 5 heteroatoms. The highest BCUT2D eigenvalue weighted by atomic mass is 16.6. The van der Waals surface area contributed by atoms with Crippen LogP contribution in [0.3, 0.4) is 0 Å². The van der Waals surface area contributed by atoms with Gasteiger partial charge in [0.05, 0.1) is 12.2 Å².